The molecule has 1 aliphatic heterocycles. The quantitative estimate of drug-likeness (QED) is 0.901. The highest BCUT2D eigenvalue weighted by Crippen LogP contribution is 2.16. The lowest BCUT2D eigenvalue weighted by Gasteiger charge is -2.10. The Balaban J connectivity index is 1.62. The minimum absolute atomic E-state index is 0.325. The molecule has 1 aromatic carbocycles. The van der Waals surface area contributed by atoms with Crippen LogP contribution in [-0.2, 0) is 19.5 Å². The van der Waals surface area contributed by atoms with Gasteiger partial charge in [0.1, 0.15) is 5.82 Å². The highest BCUT2D eigenvalue weighted by atomic mass is 16.2. The predicted octanol–water partition coefficient (Wildman–Crippen LogP) is 1.73. The van der Waals surface area contributed by atoms with Gasteiger partial charge in [-0.25, -0.2) is 4.79 Å². The van der Waals surface area contributed by atoms with Crippen LogP contribution < -0.4 is 10.6 Å². The minimum atomic E-state index is -0.325. The van der Waals surface area contributed by atoms with Gasteiger partial charge in [-0.3, -0.25) is 0 Å². The first kappa shape index (κ1) is 14.1. The molecule has 0 atom stereocenters. The largest absolute Gasteiger partial charge is 0.331 e. The van der Waals surface area contributed by atoms with Gasteiger partial charge in [-0.15, -0.1) is 10.2 Å². The maximum Gasteiger partial charge on any atom is 0.319 e. The van der Waals surface area contributed by atoms with E-state index in [0.29, 0.717) is 17.8 Å². The first-order valence-electron chi connectivity index (χ1n) is 7.14. The second-order valence-corrected chi connectivity index (χ2v) is 5.24. The van der Waals surface area contributed by atoms with E-state index in [-0.39, 0.29) is 6.03 Å². The van der Waals surface area contributed by atoms with Crippen molar-refractivity contribution in [2.24, 2.45) is 0 Å². The van der Waals surface area contributed by atoms with Crippen molar-refractivity contribution in [3.8, 4) is 6.07 Å². The number of amides is 2. The van der Waals surface area contributed by atoms with E-state index in [0.717, 1.165) is 36.6 Å². The number of nitrogens with one attached hydrogen (secondary N) is 2. The number of urea groups is 1. The normalized spacial score (nSPS) is 12.5. The molecule has 0 bridgehead atoms. The van der Waals surface area contributed by atoms with Crippen LogP contribution in [0.15, 0.2) is 18.2 Å². The van der Waals surface area contributed by atoms with Gasteiger partial charge in [0.05, 0.1) is 18.2 Å². The number of rotatable bonds is 3. The van der Waals surface area contributed by atoms with E-state index in [1.807, 2.05) is 11.5 Å². The molecule has 1 aliphatic rings. The van der Waals surface area contributed by atoms with Crippen molar-refractivity contribution in [2.45, 2.75) is 32.9 Å². The van der Waals surface area contributed by atoms with Crippen LogP contribution in [0.25, 0.3) is 0 Å². The van der Waals surface area contributed by atoms with Crippen LogP contribution in [-0.4, -0.2) is 20.8 Å². The molecule has 7 nitrogen and oxygen atoms in total. The number of fused-ring (bicyclic) bond motifs is 1. The van der Waals surface area contributed by atoms with E-state index in [9.17, 15) is 4.79 Å². The Kier molecular flexibility index (Phi) is 3.74. The van der Waals surface area contributed by atoms with E-state index in [1.165, 1.54) is 0 Å². The van der Waals surface area contributed by atoms with E-state index in [4.69, 9.17) is 5.26 Å². The topological polar surface area (TPSA) is 95.6 Å². The van der Waals surface area contributed by atoms with Crippen molar-refractivity contribution in [1.29, 1.82) is 5.26 Å². The highest BCUT2D eigenvalue weighted by Gasteiger charge is 2.17. The van der Waals surface area contributed by atoms with Gasteiger partial charge < -0.3 is 15.2 Å². The fourth-order valence-electron chi connectivity index (χ4n) is 2.49. The van der Waals surface area contributed by atoms with Gasteiger partial charge in [0, 0.05) is 18.7 Å². The summed E-state index contributed by atoms with van der Waals surface area (Å²) >= 11 is 0. The Morgan fingerprint density at radius 3 is 3.14 bits per heavy atom. The standard InChI is InChI=1S/C15H16N6O/c1-10-4-5-11(8-16)7-12(10)18-15(22)17-9-14-20-19-13-3-2-6-21(13)14/h4-5,7H,2-3,6,9H2,1H3,(H2,17,18,22). The number of carbonyl (C=O) groups excluding carboxylic acids is 1. The van der Waals surface area contributed by atoms with Gasteiger partial charge in [0.15, 0.2) is 5.82 Å². The van der Waals surface area contributed by atoms with Crippen LogP contribution >= 0.6 is 0 Å². The van der Waals surface area contributed by atoms with Crippen LogP contribution in [0.1, 0.15) is 29.2 Å². The SMILES string of the molecule is Cc1ccc(C#N)cc1NC(=O)NCc1nnc2n1CCC2. The Morgan fingerprint density at radius 1 is 1.45 bits per heavy atom. The van der Waals surface area contributed by atoms with Crippen molar-refractivity contribution < 1.29 is 4.79 Å². The van der Waals surface area contributed by atoms with Crippen molar-refractivity contribution in [2.75, 3.05) is 5.32 Å². The molecule has 0 spiro atoms. The number of aromatic nitrogens is 3. The second-order valence-electron chi connectivity index (χ2n) is 5.24. The van der Waals surface area contributed by atoms with Crippen LogP contribution in [0.4, 0.5) is 10.5 Å². The number of hydrogen-bond acceptors (Lipinski definition) is 4. The number of anilines is 1. The Hall–Kier alpha value is -2.88. The summed E-state index contributed by atoms with van der Waals surface area (Å²) < 4.78 is 2.04. The molecule has 0 aliphatic carbocycles. The molecule has 0 fully saturated rings. The van der Waals surface area contributed by atoms with Crippen LogP contribution in [0, 0.1) is 18.3 Å². The molecule has 1 aromatic heterocycles. The monoisotopic (exact) mass is 296 g/mol. The highest BCUT2D eigenvalue weighted by molar-refractivity contribution is 5.90. The molecule has 22 heavy (non-hydrogen) atoms. The summed E-state index contributed by atoms with van der Waals surface area (Å²) in [5.74, 6) is 1.75. The lowest BCUT2D eigenvalue weighted by atomic mass is 10.1. The van der Waals surface area contributed by atoms with Crippen LogP contribution in [0.2, 0.25) is 0 Å². The van der Waals surface area contributed by atoms with E-state index in [1.54, 1.807) is 18.2 Å². The van der Waals surface area contributed by atoms with E-state index >= 15 is 0 Å². The van der Waals surface area contributed by atoms with Gasteiger partial charge >= 0.3 is 6.03 Å². The molecule has 7 heteroatoms. The summed E-state index contributed by atoms with van der Waals surface area (Å²) in [5.41, 5.74) is 2.04. The molecule has 2 aromatic rings. The number of hydrogen-bond donors (Lipinski definition) is 2. The average Bonchev–Trinajstić information content (AvgIpc) is 3.11. The Labute approximate surface area is 128 Å². The first-order chi connectivity index (χ1) is 10.7. The molecule has 112 valence electrons. The summed E-state index contributed by atoms with van der Waals surface area (Å²) in [6.45, 7) is 3.11. The summed E-state index contributed by atoms with van der Waals surface area (Å²) in [6.07, 6.45) is 2.02. The number of carbonyl (C=O) groups is 1. The van der Waals surface area contributed by atoms with E-state index < -0.39 is 0 Å². The predicted molar refractivity (Wildman–Crippen MR) is 80.1 cm³/mol. The summed E-state index contributed by atoms with van der Waals surface area (Å²) in [4.78, 5) is 12.0. The van der Waals surface area contributed by atoms with Crippen molar-refractivity contribution >= 4 is 11.7 Å². The number of nitriles is 1. The average molecular weight is 296 g/mol. The van der Waals surface area contributed by atoms with Crippen LogP contribution in [0.3, 0.4) is 0 Å². The number of aryl methyl sites for hydroxylation is 2. The van der Waals surface area contributed by atoms with Crippen molar-refractivity contribution in [1.82, 2.24) is 20.1 Å². The molecule has 2 heterocycles. The maximum absolute atomic E-state index is 12.0. The zero-order valence-corrected chi connectivity index (χ0v) is 12.3. The van der Waals surface area contributed by atoms with Crippen molar-refractivity contribution in [3.63, 3.8) is 0 Å². The fraction of sp³-hybridized carbons (Fsp3) is 0.333. The van der Waals surface area contributed by atoms with Gasteiger partial charge in [0.25, 0.3) is 0 Å². The Bertz CT molecular complexity index is 758. The smallest absolute Gasteiger partial charge is 0.319 e. The summed E-state index contributed by atoms with van der Waals surface area (Å²) in [7, 11) is 0. The van der Waals surface area contributed by atoms with Gasteiger partial charge in [-0.2, -0.15) is 5.26 Å². The van der Waals surface area contributed by atoms with E-state index in [2.05, 4.69) is 26.9 Å². The zero-order chi connectivity index (χ0) is 15.5. The molecule has 0 radical (unpaired) electrons. The maximum atomic E-state index is 12.0. The van der Waals surface area contributed by atoms with Crippen LogP contribution in [0.5, 0.6) is 0 Å². The molecular weight excluding hydrogens is 280 g/mol. The Morgan fingerprint density at radius 2 is 2.32 bits per heavy atom. The van der Waals surface area contributed by atoms with Gasteiger partial charge in [-0.05, 0) is 31.0 Å². The molecule has 0 unspecified atom stereocenters. The molecular formula is C15H16N6O. The third-order valence-corrected chi connectivity index (χ3v) is 3.71. The minimum Gasteiger partial charge on any atom is -0.331 e. The third kappa shape index (κ3) is 2.76. The molecule has 2 amide bonds. The van der Waals surface area contributed by atoms with Gasteiger partial charge in [0.2, 0.25) is 0 Å². The van der Waals surface area contributed by atoms with Gasteiger partial charge in [-0.1, -0.05) is 6.07 Å². The summed E-state index contributed by atoms with van der Waals surface area (Å²) in [6, 6.07) is 6.91. The molecule has 3 rings (SSSR count). The third-order valence-electron chi connectivity index (χ3n) is 3.71. The second kappa shape index (κ2) is 5.85. The number of benzene rings is 1. The zero-order valence-electron chi connectivity index (χ0n) is 12.3. The first-order valence-corrected chi connectivity index (χ1v) is 7.14. The lowest BCUT2D eigenvalue weighted by Crippen LogP contribution is -2.29. The summed E-state index contributed by atoms with van der Waals surface area (Å²) in [5, 5.41) is 22.6. The fourth-order valence-corrected chi connectivity index (χ4v) is 2.49. The lowest BCUT2D eigenvalue weighted by molar-refractivity contribution is 0.251. The molecule has 0 saturated heterocycles. The van der Waals surface area contributed by atoms with Crippen molar-refractivity contribution in [3.05, 3.63) is 41.0 Å². The number of nitrogens with zero attached hydrogens (tertiary/aromatic N) is 4. The molecule has 0 saturated carbocycles. The molecule has 2 N–H and O–H groups in total.